The predicted octanol–water partition coefficient (Wildman–Crippen LogP) is 2.96. The van der Waals surface area contributed by atoms with Crippen molar-refractivity contribution in [1.29, 1.82) is 0 Å². The van der Waals surface area contributed by atoms with E-state index in [1.165, 1.54) is 25.7 Å². The second kappa shape index (κ2) is 8.64. The quantitative estimate of drug-likeness (QED) is 0.611. The lowest BCUT2D eigenvalue weighted by Crippen LogP contribution is -2.54. The fourth-order valence-corrected chi connectivity index (χ4v) is 4.75. The van der Waals surface area contributed by atoms with Gasteiger partial charge in [-0.2, -0.15) is 0 Å². The van der Waals surface area contributed by atoms with Crippen LogP contribution in [0.3, 0.4) is 0 Å². The molecule has 1 aromatic carbocycles. The smallest absolute Gasteiger partial charge is 0.238 e. The maximum Gasteiger partial charge on any atom is 0.238 e. The summed E-state index contributed by atoms with van der Waals surface area (Å²) in [5.41, 5.74) is 0.271. The number of rotatable bonds is 5. The molecule has 2 saturated carbocycles. The zero-order chi connectivity index (χ0) is 20.3. The molecule has 0 aromatic heterocycles. The molecule has 1 aliphatic heterocycles. The topological polar surface area (TPSA) is 61.9 Å². The molecule has 0 unspecified atom stereocenters. The Hall–Kier alpha value is -2.24. The Morgan fingerprint density at radius 3 is 2.28 bits per heavy atom. The number of nitrogens with one attached hydrogen (secondary N) is 1. The zero-order valence-electron chi connectivity index (χ0n) is 17.5. The molecule has 1 N–H and O–H groups in total. The molecule has 158 valence electrons. The van der Waals surface area contributed by atoms with Gasteiger partial charge in [0, 0.05) is 32.2 Å². The summed E-state index contributed by atoms with van der Waals surface area (Å²) in [6, 6.07) is 8.23. The molecule has 1 saturated heterocycles. The van der Waals surface area contributed by atoms with Crippen LogP contribution in [0.4, 0.5) is 5.69 Å². The molecule has 1 aromatic rings. The van der Waals surface area contributed by atoms with Crippen molar-refractivity contribution < 1.29 is 14.3 Å². The Morgan fingerprint density at radius 2 is 1.66 bits per heavy atom. The van der Waals surface area contributed by atoms with Crippen molar-refractivity contribution in [3.8, 4) is 5.75 Å². The van der Waals surface area contributed by atoms with E-state index in [-0.39, 0.29) is 17.9 Å². The Bertz CT molecular complexity index is 731. The molecule has 3 fully saturated rings. The number of anilines is 1. The summed E-state index contributed by atoms with van der Waals surface area (Å²) in [5, 5.41) is 3.22. The molecule has 3 aliphatic rings. The molecular weight excluding hydrogens is 366 g/mol. The third-order valence-corrected chi connectivity index (χ3v) is 6.78. The van der Waals surface area contributed by atoms with Gasteiger partial charge in [-0.1, -0.05) is 37.8 Å². The summed E-state index contributed by atoms with van der Waals surface area (Å²) in [6.45, 7) is 2.81. The maximum absolute atomic E-state index is 13.2. The van der Waals surface area contributed by atoms with Crippen LogP contribution in [0, 0.1) is 5.41 Å². The number of amides is 2. The number of piperazine rings is 1. The highest BCUT2D eigenvalue weighted by Crippen LogP contribution is 2.48. The van der Waals surface area contributed by atoms with Crippen molar-refractivity contribution in [2.24, 2.45) is 5.41 Å². The van der Waals surface area contributed by atoms with Crippen LogP contribution >= 0.6 is 0 Å². The number of para-hydroxylation sites is 2. The summed E-state index contributed by atoms with van der Waals surface area (Å²) < 4.78 is 5.47. The first-order chi connectivity index (χ1) is 14.1. The van der Waals surface area contributed by atoms with E-state index in [0.717, 1.165) is 37.4 Å². The first-order valence-corrected chi connectivity index (χ1v) is 11.1. The van der Waals surface area contributed by atoms with E-state index in [4.69, 9.17) is 4.74 Å². The monoisotopic (exact) mass is 399 g/mol. The van der Waals surface area contributed by atoms with Gasteiger partial charge in [-0.15, -0.1) is 0 Å². The second-order valence-corrected chi connectivity index (χ2v) is 8.70. The van der Waals surface area contributed by atoms with Gasteiger partial charge in [-0.25, -0.2) is 0 Å². The number of methoxy groups -OCH3 is 1. The number of carbonyl (C=O) groups excluding carboxylic acids is 2. The number of ether oxygens (including phenoxy) is 1. The van der Waals surface area contributed by atoms with Gasteiger partial charge in [-0.3, -0.25) is 9.59 Å². The SMILES string of the molecule is COc1ccccc1N1CCN(C(=O)C2(C(=O)NC3CCCCCC3)CC2)CC1. The van der Waals surface area contributed by atoms with Gasteiger partial charge in [0.05, 0.1) is 12.8 Å². The molecule has 1 heterocycles. The van der Waals surface area contributed by atoms with Crippen molar-refractivity contribution in [3.05, 3.63) is 24.3 Å². The number of hydrogen-bond donors (Lipinski definition) is 1. The minimum absolute atomic E-state index is 0.0263. The molecule has 0 spiro atoms. The Balaban J connectivity index is 1.34. The number of carbonyl (C=O) groups is 2. The van der Waals surface area contributed by atoms with Gasteiger partial charge in [0.25, 0.3) is 0 Å². The van der Waals surface area contributed by atoms with Crippen molar-refractivity contribution in [2.75, 3.05) is 38.2 Å². The van der Waals surface area contributed by atoms with E-state index in [1.807, 2.05) is 23.1 Å². The van der Waals surface area contributed by atoms with Crippen molar-refractivity contribution >= 4 is 17.5 Å². The van der Waals surface area contributed by atoms with E-state index in [9.17, 15) is 9.59 Å². The lowest BCUT2D eigenvalue weighted by Gasteiger charge is -2.38. The Labute approximate surface area is 173 Å². The number of benzene rings is 1. The van der Waals surface area contributed by atoms with Crippen LogP contribution in [0.1, 0.15) is 51.4 Å². The molecule has 6 heteroatoms. The third-order valence-electron chi connectivity index (χ3n) is 6.78. The highest BCUT2D eigenvalue weighted by Gasteiger charge is 2.58. The van der Waals surface area contributed by atoms with E-state index in [0.29, 0.717) is 25.9 Å². The van der Waals surface area contributed by atoms with Crippen molar-refractivity contribution in [2.45, 2.75) is 57.4 Å². The fraction of sp³-hybridized carbons (Fsp3) is 0.652. The van der Waals surface area contributed by atoms with Crippen LogP contribution in [-0.4, -0.2) is 56.0 Å². The van der Waals surface area contributed by atoms with Crippen molar-refractivity contribution in [3.63, 3.8) is 0 Å². The molecule has 29 heavy (non-hydrogen) atoms. The van der Waals surface area contributed by atoms with Gasteiger partial charge in [-0.05, 0) is 37.8 Å². The van der Waals surface area contributed by atoms with E-state index >= 15 is 0 Å². The third kappa shape index (κ3) is 4.21. The summed E-state index contributed by atoms with van der Waals surface area (Å²) in [7, 11) is 1.68. The fourth-order valence-electron chi connectivity index (χ4n) is 4.75. The van der Waals surface area contributed by atoms with E-state index in [2.05, 4.69) is 16.3 Å². The largest absolute Gasteiger partial charge is 0.495 e. The average molecular weight is 400 g/mol. The normalized spacial score (nSPS) is 22.0. The predicted molar refractivity (Wildman–Crippen MR) is 113 cm³/mol. The maximum atomic E-state index is 13.2. The molecule has 2 aliphatic carbocycles. The summed E-state index contributed by atoms with van der Waals surface area (Å²) in [6.07, 6.45) is 8.35. The minimum Gasteiger partial charge on any atom is -0.495 e. The number of hydrogen-bond acceptors (Lipinski definition) is 4. The summed E-state index contributed by atoms with van der Waals surface area (Å²) >= 11 is 0. The Kier molecular flexibility index (Phi) is 5.97. The molecule has 0 bridgehead atoms. The first-order valence-electron chi connectivity index (χ1n) is 11.1. The number of nitrogens with zero attached hydrogens (tertiary/aromatic N) is 2. The summed E-state index contributed by atoms with van der Waals surface area (Å²) in [4.78, 5) is 30.3. The molecule has 0 radical (unpaired) electrons. The minimum atomic E-state index is -0.793. The lowest BCUT2D eigenvalue weighted by atomic mass is 10.0. The lowest BCUT2D eigenvalue weighted by molar-refractivity contribution is -0.144. The highest BCUT2D eigenvalue weighted by atomic mass is 16.5. The van der Waals surface area contributed by atoms with Crippen LogP contribution in [0.5, 0.6) is 5.75 Å². The second-order valence-electron chi connectivity index (χ2n) is 8.70. The first kappa shape index (κ1) is 20.0. The highest BCUT2D eigenvalue weighted by molar-refractivity contribution is 6.08. The Morgan fingerprint density at radius 1 is 1.00 bits per heavy atom. The molecule has 0 atom stereocenters. The van der Waals surface area contributed by atoms with Gasteiger partial charge in [0.1, 0.15) is 11.2 Å². The van der Waals surface area contributed by atoms with Crippen LogP contribution in [-0.2, 0) is 9.59 Å². The molecule has 6 nitrogen and oxygen atoms in total. The molecular formula is C23H33N3O3. The van der Waals surface area contributed by atoms with E-state index < -0.39 is 5.41 Å². The van der Waals surface area contributed by atoms with Crippen LogP contribution in [0.15, 0.2) is 24.3 Å². The van der Waals surface area contributed by atoms with Gasteiger partial charge in [0.15, 0.2) is 0 Å². The average Bonchev–Trinajstić information content (AvgIpc) is 3.59. The van der Waals surface area contributed by atoms with Crippen LogP contribution in [0.25, 0.3) is 0 Å². The van der Waals surface area contributed by atoms with Gasteiger partial charge >= 0.3 is 0 Å². The van der Waals surface area contributed by atoms with Crippen molar-refractivity contribution in [1.82, 2.24) is 10.2 Å². The summed E-state index contributed by atoms with van der Waals surface area (Å²) in [5.74, 6) is 0.860. The van der Waals surface area contributed by atoms with Crippen LogP contribution < -0.4 is 15.0 Å². The van der Waals surface area contributed by atoms with Crippen LogP contribution in [0.2, 0.25) is 0 Å². The van der Waals surface area contributed by atoms with Gasteiger partial charge in [0.2, 0.25) is 11.8 Å². The van der Waals surface area contributed by atoms with E-state index in [1.54, 1.807) is 7.11 Å². The zero-order valence-corrected chi connectivity index (χ0v) is 17.5. The standard InChI is InChI=1S/C23H33N3O3/c1-29-20-11-7-6-10-19(20)25-14-16-26(17-15-25)22(28)23(12-13-23)21(27)24-18-8-4-2-3-5-9-18/h6-7,10-11,18H,2-5,8-9,12-17H2,1H3,(H,24,27). The molecule has 4 rings (SSSR count). The van der Waals surface area contributed by atoms with Gasteiger partial charge < -0.3 is 19.9 Å². The molecule has 2 amide bonds.